The standard InChI is InChI=1S/C16H17ClN2O2/c1-3-10-8-12(10)19-15(20)13(14(17)18-16(19)21)11-6-4-9(2)5-7-11/h4-7,10,12H,3,8H2,1-2H3,(H,18,21). The quantitative estimate of drug-likeness (QED) is 0.886. The maximum Gasteiger partial charge on any atom is 0.329 e. The first-order chi connectivity index (χ1) is 10.0. The smallest absolute Gasteiger partial charge is 0.297 e. The summed E-state index contributed by atoms with van der Waals surface area (Å²) in [6, 6.07) is 7.56. The summed E-state index contributed by atoms with van der Waals surface area (Å²) in [5, 5.41) is 0.110. The Morgan fingerprint density at radius 3 is 2.52 bits per heavy atom. The minimum Gasteiger partial charge on any atom is -0.297 e. The van der Waals surface area contributed by atoms with Gasteiger partial charge in [-0.2, -0.15) is 0 Å². The number of nitrogens with zero attached hydrogens (tertiary/aromatic N) is 1. The van der Waals surface area contributed by atoms with Crippen molar-refractivity contribution in [3.05, 3.63) is 55.8 Å². The number of H-pyrrole nitrogens is 1. The van der Waals surface area contributed by atoms with Crippen LogP contribution in [0.4, 0.5) is 0 Å². The van der Waals surface area contributed by atoms with Crippen LogP contribution in [-0.4, -0.2) is 9.55 Å². The minimum atomic E-state index is -0.415. The van der Waals surface area contributed by atoms with E-state index in [0.29, 0.717) is 11.5 Å². The third kappa shape index (κ3) is 2.44. The van der Waals surface area contributed by atoms with Gasteiger partial charge in [0.15, 0.2) is 0 Å². The highest BCUT2D eigenvalue weighted by Crippen LogP contribution is 2.44. The van der Waals surface area contributed by atoms with E-state index >= 15 is 0 Å². The number of aryl methyl sites for hydroxylation is 1. The van der Waals surface area contributed by atoms with E-state index in [2.05, 4.69) is 11.9 Å². The van der Waals surface area contributed by atoms with Crippen molar-refractivity contribution in [2.24, 2.45) is 5.92 Å². The van der Waals surface area contributed by atoms with Crippen molar-refractivity contribution in [2.75, 3.05) is 0 Å². The Kier molecular flexibility index (Phi) is 3.49. The van der Waals surface area contributed by atoms with Crippen molar-refractivity contribution in [3.8, 4) is 11.1 Å². The second-order valence-corrected chi connectivity index (χ2v) is 6.01. The fourth-order valence-electron chi connectivity index (χ4n) is 2.78. The lowest BCUT2D eigenvalue weighted by atomic mass is 10.1. The van der Waals surface area contributed by atoms with Gasteiger partial charge in [-0.25, -0.2) is 4.79 Å². The molecule has 110 valence electrons. The molecule has 1 saturated carbocycles. The second-order valence-electron chi connectivity index (χ2n) is 5.63. The lowest BCUT2D eigenvalue weighted by molar-refractivity contribution is 0.592. The van der Waals surface area contributed by atoms with Gasteiger partial charge < -0.3 is 0 Å². The van der Waals surface area contributed by atoms with Crippen LogP contribution in [0.15, 0.2) is 33.9 Å². The highest BCUT2D eigenvalue weighted by Gasteiger charge is 2.39. The molecule has 1 aromatic heterocycles. The molecule has 0 spiro atoms. The van der Waals surface area contributed by atoms with Crippen LogP contribution in [0.5, 0.6) is 0 Å². The summed E-state index contributed by atoms with van der Waals surface area (Å²) >= 11 is 6.11. The zero-order valence-electron chi connectivity index (χ0n) is 12.0. The van der Waals surface area contributed by atoms with Gasteiger partial charge in [-0.1, -0.05) is 54.8 Å². The SMILES string of the molecule is CCC1CC1n1c(=O)[nH]c(Cl)c(-c2ccc(C)cc2)c1=O. The molecule has 1 fully saturated rings. The number of rotatable bonds is 3. The highest BCUT2D eigenvalue weighted by molar-refractivity contribution is 6.32. The monoisotopic (exact) mass is 304 g/mol. The second kappa shape index (κ2) is 5.19. The van der Waals surface area contributed by atoms with E-state index in [1.54, 1.807) is 0 Å². The fraction of sp³-hybridized carbons (Fsp3) is 0.375. The van der Waals surface area contributed by atoms with Crippen LogP contribution < -0.4 is 11.2 Å². The molecule has 0 aliphatic heterocycles. The molecule has 0 bridgehead atoms. The van der Waals surface area contributed by atoms with Gasteiger partial charge in [0.1, 0.15) is 5.15 Å². The van der Waals surface area contributed by atoms with E-state index in [9.17, 15) is 9.59 Å². The zero-order chi connectivity index (χ0) is 15.1. The molecule has 1 aliphatic carbocycles. The van der Waals surface area contributed by atoms with Crippen molar-refractivity contribution in [2.45, 2.75) is 32.7 Å². The topological polar surface area (TPSA) is 54.9 Å². The van der Waals surface area contributed by atoms with E-state index < -0.39 is 5.69 Å². The van der Waals surface area contributed by atoms with Crippen molar-refractivity contribution in [1.29, 1.82) is 0 Å². The molecule has 5 heteroatoms. The first-order valence-corrected chi connectivity index (χ1v) is 7.52. The molecule has 0 amide bonds. The van der Waals surface area contributed by atoms with Crippen molar-refractivity contribution >= 4 is 11.6 Å². The minimum absolute atomic E-state index is 0.00714. The highest BCUT2D eigenvalue weighted by atomic mass is 35.5. The van der Waals surface area contributed by atoms with E-state index in [-0.39, 0.29) is 16.8 Å². The van der Waals surface area contributed by atoms with E-state index in [1.165, 1.54) is 4.57 Å². The van der Waals surface area contributed by atoms with E-state index in [4.69, 9.17) is 11.6 Å². The Labute approximate surface area is 127 Å². The maximum atomic E-state index is 12.7. The first-order valence-electron chi connectivity index (χ1n) is 7.14. The lowest BCUT2D eigenvalue weighted by Crippen LogP contribution is -2.36. The van der Waals surface area contributed by atoms with Gasteiger partial charge in [-0.15, -0.1) is 0 Å². The lowest BCUT2D eigenvalue weighted by Gasteiger charge is -2.09. The van der Waals surface area contributed by atoms with Gasteiger partial charge in [0.2, 0.25) is 0 Å². The Hall–Kier alpha value is -1.81. The van der Waals surface area contributed by atoms with Gasteiger partial charge >= 0.3 is 5.69 Å². The molecule has 1 aromatic carbocycles. The molecule has 1 N–H and O–H groups in total. The Morgan fingerprint density at radius 2 is 1.95 bits per heavy atom. The summed E-state index contributed by atoms with van der Waals surface area (Å²) in [5.74, 6) is 0.413. The molecular formula is C16H17ClN2O2. The number of nitrogens with one attached hydrogen (secondary N) is 1. The number of hydrogen-bond donors (Lipinski definition) is 1. The number of hydrogen-bond acceptors (Lipinski definition) is 2. The third-order valence-electron chi connectivity index (χ3n) is 4.17. The molecule has 0 radical (unpaired) electrons. The van der Waals surface area contributed by atoms with Crippen LogP contribution in [0.3, 0.4) is 0 Å². The van der Waals surface area contributed by atoms with Gasteiger partial charge in [0.25, 0.3) is 5.56 Å². The van der Waals surface area contributed by atoms with E-state index in [1.807, 2.05) is 31.2 Å². The average molecular weight is 305 g/mol. The van der Waals surface area contributed by atoms with Crippen molar-refractivity contribution in [3.63, 3.8) is 0 Å². The van der Waals surface area contributed by atoms with Crippen LogP contribution in [0.1, 0.15) is 31.4 Å². The summed E-state index contributed by atoms with van der Waals surface area (Å²) < 4.78 is 1.33. The number of aromatic nitrogens is 2. The largest absolute Gasteiger partial charge is 0.329 e. The number of benzene rings is 1. The molecule has 4 nitrogen and oxygen atoms in total. The van der Waals surface area contributed by atoms with Gasteiger partial charge in [-0.05, 0) is 24.8 Å². The summed E-state index contributed by atoms with van der Waals surface area (Å²) in [5.41, 5.74) is 1.50. The van der Waals surface area contributed by atoms with Crippen LogP contribution in [0.2, 0.25) is 5.15 Å². The van der Waals surface area contributed by atoms with Gasteiger partial charge in [-0.3, -0.25) is 14.3 Å². The fourth-order valence-corrected chi connectivity index (χ4v) is 3.05. The molecule has 2 atom stereocenters. The van der Waals surface area contributed by atoms with Gasteiger partial charge in [0, 0.05) is 6.04 Å². The summed E-state index contributed by atoms with van der Waals surface area (Å²) in [6.07, 6.45) is 1.85. The number of halogens is 1. The Bertz CT molecular complexity index is 789. The first kappa shape index (κ1) is 14.1. The maximum absolute atomic E-state index is 12.7. The molecule has 3 rings (SSSR count). The predicted molar refractivity (Wildman–Crippen MR) is 83.9 cm³/mol. The molecule has 0 saturated heterocycles. The summed E-state index contributed by atoms with van der Waals surface area (Å²) in [7, 11) is 0. The Morgan fingerprint density at radius 1 is 1.29 bits per heavy atom. The Balaban J connectivity index is 2.18. The van der Waals surface area contributed by atoms with Gasteiger partial charge in [0.05, 0.1) is 5.56 Å². The molecule has 2 unspecified atom stereocenters. The molecule has 1 heterocycles. The summed E-state index contributed by atoms with van der Waals surface area (Å²) in [6.45, 7) is 4.05. The molecule has 21 heavy (non-hydrogen) atoms. The van der Waals surface area contributed by atoms with Crippen molar-refractivity contribution < 1.29 is 0 Å². The molecular weight excluding hydrogens is 288 g/mol. The van der Waals surface area contributed by atoms with E-state index in [0.717, 1.165) is 24.0 Å². The number of aromatic amines is 1. The molecule has 2 aromatic rings. The average Bonchev–Trinajstić information content (AvgIpc) is 3.19. The zero-order valence-corrected chi connectivity index (χ0v) is 12.8. The van der Waals surface area contributed by atoms with Crippen LogP contribution >= 0.6 is 11.6 Å². The van der Waals surface area contributed by atoms with Crippen LogP contribution in [0, 0.1) is 12.8 Å². The van der Waals surface area contributed by atoms with Crippen LogP contribution in [-0.2, 0) is 0 Å². The van der Waals surface area contributed by atoms with Crippen LogP contribution in [0.25, 0.3) is 11.1 Å². The third-order valence-corrected chi connectivity index (χ3v) is 4.45. The molecule has 1 aliphatic rings. The normalized spacial score (nSPS) is 20.5. The summed E-state index contributed by atoms with van der Waals surface area (Å²) in [4.78, 5) is 27.4. The van der Waals surface area contributed by atoms with Crippen molar-refractivity contribution in [1.82, 2.24) is 9.55 Å². The predicted octanol–water partition coefficient (Wildman–Crippen LogP) is 3.14.